The standard InChI is InChI=1S/C20H16FN3O3S/c1-13(19(25)24(2)20-23-9-10-28-20)26-15-4-6-16(7-5-15)27-18-8-3-14(12-22)11-17(18)21/h3-11,13H,1-2H3/t13-/m1/s1. The highest BCUT2D eigenvalue weighted by Gasteiger charge is 2.21. The van der Waals surface area contributed by atoms with Crippen molar-refractivity contribution in [3.05, 3.63) is 65.4 Å². The summed E-state index contributed by atoms with van der Waals surface area (Å²) < 4.78 is 25.1. The molecule has 0 N–H and O–H groups in total. The van der Waals surface area contributed by atoms with Crippen molar-refractivity contribution in [1.82, 2.24) is 4.98 Å². The Labute approximate surface area is 165 Å². The normalized spacial score (nSPS) is 11.4. The van der Waals surface area contributed by atoms with Crippen LogP contribution in [-0.4, -0.2) is 24.0 Å². The first-order chi connectivity index (χ1) is 13.5. The predicted molar refractivity (Wildman–Crippen MR) is 103 cm³/mol. The third-order valence-electron chi connectivity index (χ3n) is 3.81. The average molecular weight is 397 g/mol. The number of likely N-dealkylation sites (N-methyl/N-ethyl adjacent to an activating group) is 1. The van der Waals surface area contributed by atoms with E-state index in [2.05, 4.69) is 4.98 Å². The Kier molecular flexibility index (Phi) is 5.87. The van der Waals surface area contributed by atoms with E-state index in [-0.39, 0.29) is 17.2 Å². The molecule has 6 nitrogen and oxygen atoms in total. The lowest BCUT2D eigenvalue weighted by Crippen LogP contribution is -2.37. The largest absolute Gasteiger partial charge is 0.481 e. The van der Waals surface area contributed by atoms with Gasteiger partial charge >= 0.3 is 0 Å². The number of ether oxygens (including phenoxy) is 2. The van der Waals surface area contributed by atoms with Gasteiger partial charge in [-0.2, -0.15) is 5.26 Å². The Balaban J connectivity index is 1.63. The molecule has 142 valence electrons. The quantitative estimate of drug-likeness (QED) is 0.617. The molecule has 0 aliphatic rings. The Hall–Kier alpha value is -3.44. The number of carbonyl (C=O) groups excluding carboxylic acids is 1. The molecule has 0 bridgehead atoms. The van der Waals surface area contributed by atoms with Crippen LogP contribution in [0.5, 0.6) is 17.2 Å². The van der Waals surface area contributed by atoms with Gasteiger partial charge in [-0.25, -0.2) is 9.37 Å². The molecule has 3 rings (SSSR count). The molecular weight excluding hydrogens is 381 g/mol. The van der Waals surface area contributed by atoms with Crippen LogP contribution in [0.2, 0.25) is 0 Å². The van der Waals surface area contributed by atoms with Crippen LogP contribution in [-0.2, 0) is 4.79 Å². The first kappa shape index (κ1) is 19.3. The van der Waals surface area contributed by atoms with Gasteiger partial charge in [0, 0.05) is 18.6 Å². The fraction of sp³-hybridized carbons (Fsp3) is 0.150. The van der Waals surface area contributed by atoms with Gasteiger partial charge < -0.3 is 9.47 Å². The van der Waals surface area contributed by atoms with Crippen molar-refractivity contribution in [3.8, 4) is 23.3 Å². The zero-order valence-electron chi connectivity index (χ0n) is 15.1. The van der Waals surface area contributed by atoms with Gasteiger partial charge in [0.15, 0.2) is 22.8 Å². The molecule has 3 aromatic rings. The van der Waals surface area contributed by atoms with Crippen LogP contribution in [0.4, 0.5) is 9.52 Å². The third-order valence-corrected chi connectivity index (χ3v) is 4.66. The number of hydrogen-bond donors (Lipinski definition) is 0. The van der Waals surface area contributed by atoms with Gasteiger partial charge in [0.25, 0.3) is 5.91 Å². The first-order valence-corrected chi connectivity index (χ1v) is 9.17. The molecule has 1 atom stereocenters. The number of nitriles is 1. The first-order valence-electron chi connectivity index (χ1n) is 8.29. The van der Waals surface area contributed by atoms with E-state index in [0.29, 0.717) is 16.6 Å². The Morgan fingerprint density at radius 3 is 2.57 bits per heavy atom. The van der Waals surface area contributed by atoms with E-state index in [1.165, 1.54) is 28.4 Å². The minimum absolute atomic E-state index is 0.0151. The number of carbonyl (C=O) groups is 1. The fourth-order valence-electron chi connectivity index (χ4n) is 2.37. The van der Waals surface area contributed by atoms with Crippen molar-refractivity contribution in [2.75, 3.05) is 11.9 Å². The van der Waals surface area contributed by atoms with Gasteiger partial charge in [-0.05, 0) is 49.4 Å². The molecule has 0 aliphatic heterocycles. The SMILES string of the molecule is C[C@@H](Oc1ccc(Oc2ccc(C#N)cc2F)cc1)C(=O)N(C)c1nccs1. The molecule has 0 fully saturated rings. The highest BCUT2D eigenvalue weighted by atomic mass is 32.1. The van der Waals surface area contributed by atoms with Crippen molar-refractivity contribution in [3.63, 3.8) is 0 Å². The zero-order chi connectivity index (χ0) is 20.1. The van der Waals surface area contributed by atoms with Gasteiger partial charge in [0.1, 0.15) is 11.5 Å². The summed E-state index contributed by atoms with van der Waals surface area (Å²) in [7, 11) is 1.64. The van der Waals surface area contributed by atoms with Crippen LogP contribution in [0.3, 0.4) is 0 Å². The average Bonchev–Trinajstić information content (AvgIpc) is 3.24. The lowest BCUT2D eigenvalue weighted by molar-refractivity contribution is -0.124. The number of thiazole rings is 1. The monoisotopic (exact) mass is 397 g/mol. The van der Waals surface area contributed by atoms with E-state index in [1.54, 1.807) is 49.8 Å². The maximum atomic E-state index is 13.9. The molecular formula is C20H16FN3O3S. The van der Waals surface area contributed by atoms with Crippen LogP contribution >= 0.6 is 11.3 Å². The second-order valence-electron chi connectivity index (χ2n) is 5.80. The molecule has 0 saturated carbocycles. The third kappa shape index (κ3) is 4.45. The van der Waals surface area contributed by atoms with E-state index >= 15 is 0 Å². The number of anilines is 1. The Morgan fingerprint density at radius 2 is 1.96 bits per heavy atom. The van der Waals surface area contributed by atoms with E-state index < -0.39 is 11.9 Å². The molecule has 0 spiro atoms. The van der Waals surface area contributed by atoms with Gasteiger partial charge in [-0.1, -0.05) is 0 Å². The Morgan fingerprint density at radius 1 is 1.25 bits per heavy atom. The van der Waals surface area contributed by atoms with Crippen molar-refractivity contribution >= 4 is 22.4 Å². The molecule has 0 radical (unpaired) electrons. The lowest BCUT2D eigenvalue weighted by atomic mass is 10.2. The summed E-state index contributed by atoms with van der Waals surface area (Å²) in [6, 6.07) is 12.3. The van der Waals surface area contributed by atoms with E-state index in [9.17, 15) is 9.18 Å². The van der Waals surface area contributed by atoms with E-state index in [4.69, 9.17) is 14.7 Å². The molecule has 0 unspecified atom stereocenters. The second-order valence-corrected chi connectivity index (χ2v) is 6.68. The number of nitrogens with zero attached hydrogens (tertiary/aromatic N) is 3. The second kappa shape index (κ2) is 8.50. The van der Waals surface area contributed by atoms with Crippen LogP contribution < -0.4 is 14.4 Å². The summed E-state index contributed by atoms with van der Waals surface area (Å²) in [5, 5.41) is 11.2. The topological polar surface area (TPSA) is 75.5 Å². The summed E-state index contributed by atoms with van der Waals surface area (Å²) >= 11 is 1.36. The summed E-state index contributed by atoms with van der Waals surface area (Å²) in [6.45, 7) is 1.66. The van der Waals surface area contributed by atoms with E-state index in [0.717, 1.165) is 6.07 Å². The van der Waals surface area contributed by atoms with Crippen molar-refractivity contribution < 1.29 is 18.7 Å². The zero-order valence-corrected chi connectivity index (χ0v) is 15.9. The smallest absolute Gasteiger partial charge is 0.269 e. The fourth-order valence-corrected chi connectivity index (χ4v) is 2.98. The Bertz CT molecular complexity index is 1000. The maximum Gasteiger partial charge on any atom is 0.269 e. The summed E-state index contributed by atoms with van der Waals surface area (Å²) in [5.74, 6) is 0.0379. The highest BCUT2D eigenvalue weighted by Crippen LogP contribution is 2.27. The number of halogens is 1. The molecule has 1 aromatic heterocycles. The summed E-state index contributed by atoms with van der Waals surface area (Å²) in [5.41, 5.74) is 0.218. The number of aromatic nitrogens is 1. The number of rotatable bonds is 6. The molecule has 0 aliphatic carbocycles. The van der Waals surface area contributed by atoms with Crippen LogP contribution in [0.25, 0.3) is 0 Å². The van der Waals surface area contributed by atoms with Crippen molar-refractivity contribution in [1.29, 1.82) is 5.26 Å². The molecule has 0 saturated heterocycles. The van der Waals surface area contributed by atoms with Crippen LogP contribution in [0, 0.1) is 17.1 Å². The van der Waals surface area contributed by atoms with Gasteiger partial charge in [-0.15, -0.1) is 11.3 Å². The van der Waals surface area contributed by atoms with Crippen LogP contribution in [0.1, 0.15) is 12.5 Å². The molecule has 8 heteroatoms. The minimum atomic E-state index is -0.711. The van der Waals surface area contributed by atoms with Gasteiger partial charge in [0.2, 0.25) is 0 Å². The predicted octanol–water partition coefficient (Wildman–Crippen LogP) is 4.38. The van der Waals surface area contributed by atoms with Gasteiger partial charge in [0.05, 0.1) is 11.6 Å². The maximum absolute atomic E-state index is 13.9. The van der Waals surface area contributed by atoms with Crippen molar-refractivity contribution in [2.45, 2.75) is 13.0 Å². The van der Waals surface area contributed by atoms with Gasteiger partial charge in [-0.3, -0.25) is 9.69 Å². The molecule has 28 heavy (non-hydrogen) atoms. The molecule has 2 aromatic carbocycles. The number of hydrogen-bond acceptors (Lipinski definition) is 6. The van der Waals surface area contributed by atoms with E-state index in [1.807, 2.05) is 6.07 Å². The molecule has 1 heterocycles. The molecule has 1 amide bonds. The van der Waals surface area contributed by atoms with Crippen LogP contribution in [0.15, 0.2) is 54.0 Å². The summed E-state index contributed by atoms with van der Waals surface area (Å²) in [6.07, 6.45) is 0.918. The minimum Gasteiger partial charge on any atom is -0.481 e. The highest BCUT2D eigenvalue weighted by molar-refractivity contribution is 7.13. The lowest BCUT2D eigenvalue weighted by Gasteiger charge is -2.20. The number of benzene rings is 2. The number of amides is 1. The van der Waals surface area contributed by atoms with Crippen molar-refractivity contribution in [2.24, 2.45) is 0 Å². The summed E-state index contributed by atoms with van der Waals surface area (Å²) in [4.78, 5) is 18.0.